The summed E-state index contributed by atoms with van der Waals surface area (Å²) in [4.78, 5) is 38.3. The Hall–Kier alpha value is -3.15. The molecule has 0 saturated carbocycles. The Balaban J connectivity index is 4.42. The fraction of sp³-hybridized carbons (Fsp3) is 0.776. The second-order valence-corrected chi connectivity index (χ2v) is 20.9. The van der Waals surface area contributed by atoms with E-state index < -0.39 is 6.10 Å². The minimum atomic E-state index is -0.790. The van der Waals surface area contributed by atoms with Crippen molar-refractivity contribution in [2.24, 2.45) is 0 Å². The van der Waals surface area contributed by atoms with Crippen LogP contribution in [0.15, 0.2) is 72.9 Å². The molecule has 0 bridgehead atoms. The van der Waals surface area contributed by atoms with E-state index in [0.717, 1.165) is 109 Å². The first-order chi connectivity index (χ1) is 36.0. The Morgan fingerprint density at radius 3 is 0.849 bits per heavy atom. The maximum absolute atomic E-state index is 12.9. The van der Waals surface area contributed by atoms with Crippen molar-refractivity contribution in [1.29, 1.82) is 0 Å². The van der Waals surface area contributed by atoms with Crippen LogP contribution >= 0.6 is 0 Å². The summed E-state index contributed by atoms with van der Waals surface area (Å²) in [6.07, 6.45) is 79.0. The van der Waals surface area contributed by atoms with E-state index in [1.807, 2.05) is 0 Å². The fourth-order valence-electron chi connectivity index (χ4n) is 8.95. The topological polar surface area (TPSA) is 78.9 Å². The molecule has 0 amide bonds. The molecule has 0 aliphatic rings. The summed E-state index contributed by atoms with van der Waals surface area (Å²) < 4.78 is 16.9. The van der Waals surface area contributed by atoms with E-state index in [4.69, 9.17) is 14.2 Å². The normalized spacial score (nSPS) is 12.5. The van der Waals surface area contributed by atoms with Gasteiger partial charge in [-0.3, -0.25) is 14.4 Å². The van der Waals surface area contributed by atoms with Gasteiger partial charge >= 0.3 is 17.9 Å². The second-order valence-electron chi connectivity index (χ2n) is 20.9. The quantitative estimate of drug-likeness (QED) is 0.0261. The smallest absolute Gasteiger partial charge is 0.306 e. The van der Waals surface area contributed by atoms with Crippen LogP contribution in [0.5, 0.6) is 0 Å². The third-order valence-corrected chi connectivity index (χ3v) is 13.7. The third-order valence-electron chi connectivity index (χ3n) is 13.7. The number of carbonyl (C=O) groups excluding carboxylic acids is 3. The van der Waals surface area contributed by atoms with Gasteiger partial charge in [0.2, 0.25) is 0 Å². The van der Waals surface area contributed by atoms with Crippen LogP contribution in [0.3, 0.4) is 0 Å². The van der Waals surface area contributed by atoms with Gasteiger partial charge in [0.05, 0.1) is 0 Å². The van der Waals surface area contributed by atoms with Gasteiger partial charge in [0, 0.05) is 19.3 Å². The highest BCUT2D eigenvalue weighted by Gasteiger charge is 2.19. The molecule has 1 unspecified atom stereocenters. The van der Waals surface area contributed by atoms with Gasteiger partial charge in [-0.1, -0.05) is 261 Å². The highest BCUT2D eigenvalue weighted by atomic mass is 16.6. The highest BCUT2D eigenvalue weighted by Crippen LogP contribution is 2.16. The van der Waals surface area contributed by atoms with E-state index in [1.54, 1.807) is 0 Å². The lowest BCUT2D eigenvalue weighted by atomic mass is 10.1. The van der Waals surface area contributed by atoms with Gasteiger partial charge in [-0.25, -0.2) is 0 Å². The molecular formula is C67H118O6. The number of unbranched alkanes of at least 4 members (excludes halogenated alkanes) is 34. The second kappa shape index (κ2) is 61.4. The molecule has 0 aliphatic carbocycles. The number of hydrogen-bond acceptors (Lipinski definition) is 6. The zero-order valence-electron chi connectivity index (χ0n) is 48.4. The van der Waals surface area contributed by atoms with Crippen LogP contribution in [0.25, 0.3) is 0 Å². The summed E-state index contributed by atoms with van der Waals surface area (Å²) in [7, 11) is 0. The van der Waals surface area contributed by atoms with Crippen LogP contribution in [0.4, 0.5) is 0 Å². The summed E-state index contributed by atoms with van der Waals surface area (Å²) in [5.41, 5.74) is 0. The summed E-state index contributed by atoms with van der Waals surface area (Å²) in [6, 6.07) is 0. The summed E-state index contributed by atoms with van der Waals surface area (Å²) >= 11 is 0. The van der Waals surface area contributed by atoms with Gasteiger partial charge < -0.3 is 14.2 Å². The molecule has 0 aromatic heterocycles. The Morgan fingerprint density at radius 2 is 0.534 bits per heavy atom. The van der Waals surface area contributed by atoms with Gasteiger partial charge in [-0.2, -0.15) is 0 Å². The predicted octanol–water partition coefficient (Wildman–Crippen LogP) is 21.3. The average molecular weight is 1020 g/mol. The van der Waals surface area contributed by atoms with E-state index >= 15 is 0 Å². The van der Waals surface area contributed by atoms with Crippen molar-refractivity contribution in [2.75, 3.05) is 13.2 Å². The standard InChI is InChI=1S/C67H118O6/c1-4-7-10-13-16-19-22-25-28-31-34-37-39-42-45-48-51-54-57-60-66(69)72-63-64(73-67(70)61-58-55-52-49-46-43-40-36-33-30-27-24-21-18-15-12-9-6-3)62-71-65(68)59-56-53-50-47-44-41-38-35-32-29-26-23-20-17-14-11-8-5-2/h7,10,16,19,25,28,34-38,40,64H,4-6,8-9,11-15,17-18,20-24,26-27,29-33,39,41-63H2,1-3H3/b10-7-,19-16-,28-25-,37-34-,38-35-,40-36-. The minimum absolute atomic E-state index is 0.0865. The fourth-order valence-corrected chi connectivity index (χ4v) is 8.95. The van der Waals surface area contributed by atoms with E-state index in [-0.39, 0.29) is 31.1 Å². The Kier molecular flexibility index (Phi) is 58.7. The lowest BCUT2D eigenvalue weighted by molar-refractivity contribution is -0.167. The van der Waals surface area contributed by atoms with Crippen molar-refractivity contribution < 1.29 is 28.6 Å². The van der Waals surface area contributed by atoms with E-state index in [0.29, 0.717) is 19.3 Å². The molecule has 6 heteroatoms. The van der Waals surface area contributed by atoms with Crippen LogP contribution in [0.1, 0.15) is 316 Å². The molecule has 0 spiro atoms. The molecule has 422 valence electrons. The maximum Gasteiger partial charge on any atom is 0.306 e. The number of esters is 3. The zero-order valence-corrected chi connectivity index (χ0v) is 48.4. The number of allylic oxidation sites excluding steroid dienone is 12. The molecule has 6 nitrogen and oxygen atoms in total. The van der Waals surface area contributed by atoms with Gasteiger partial charge in [0.1, 0.15) is 13.2 Å². The number of ether oxygens (including phenoxy) is 3. The van der Waals surface area contributed by atoms with Gasteiger partial charge in [0.15, 0.2) is 6.10 Å². The molecule has 0 fully saturated rings. The van der Waals surface area contributed by atoms with Crippen LogP contribution in [0, 0.1) is 0 Å². The van der Waals surface area contributed by atoms with Gasteiger partial charge in [-0.05, 0) is 109 Å². The van der Waals surface area contributed by atoms with Crippen LogP contribution in [-0.4, -0.2) is 37.2 Å². The molecule has 0 aromatic rings. The molecule has 0 saturated heterocycles. The van der Waals surface area contributed by atoms with Crippen molar-refractivity contribution in [3.05, 3.63) is 72.9 Å². The summed E-state index contributed by atoms with van der Waals surface area (Å²) in [6.45, 7) is 6.54. The monoisotopic (exact) mass is 1020 g/mol. The molecule has 73 heavy (non-hydrogen) atoms. The molecule has 0 aliphatic heterocycles. The van der Waals surface area contributed by atoms with Crippen molar-refractivity contribution >= 4 is 17.9 Å². The SMILES string of the molecule is CC/C=C\C/C=C\C/C=C\C/C=C\CCCCCCCCC(=O)OCC(COC(=O)CCCCCCC/C=C\CCCCCCCCCCC)OC(=O)CCCCCCC/C=C\CCCCCCCCCCC. The Labute approximate surface area is 453 Å². The van der Waals surface area contributed by atoms with Crippen LogP contribution in [-0.2, 0) is 28.6 Å². The van der Waals surface area contributed by atoms with Crippen molar-refractivity contribution in [1.82, 2.24) is 0 Å². The molecular weight excluding hydrogens is 901 g/mol. The molecule has 0 N–H and O–H groups in total. The van der Waals surface area contributed by atoms with Crippen LogP contribution < -0.4 is 0 Å². The number of carbonyl (C=O) groups is 3. The Morgan fingerprint density at radius 1 is 0.288 bits per heavy atom. The summed E-state index contributed by atoms with van der Waals surface area (Å²) in [5.74, 6) is -0.903. The molecule has 1 atom stereocenters. The van der Waals surface area contributed by atoms with Crippen LogP contribution in [0.2, 0.25) is 0 Å². The third kappa shape index (κ3) is 59.6. The van der Waals surface area contributed by atoms with Crippen molar-refractivity contribution in [3.8, 4) is 0 Å². The minimum Gasteiger partial charge on any atom is -0.462 e. The van der Waals surface area contributed by atoms with E-state index in [1.165, 1.54) is 167 Å². The number of hydrogen-bond donors (Lipinski definition) is 0. The molecule has 0 radical (unpaired) electrons. The first-order valence-corrected chi connectivity index (χ1v) is 31.4. The zero-order chi connectivity index (χ0) is 52.9. The Bertz CT molecular complexity index is 1360. The average Bonchev–Trinajstić information content (AvgIpc) is 3.39. The van der Waals surface area contributed by atoms with Gasteiger partial charge in [0.25, 0.3) is 0 Å². The maximum atomic E-state index is 12.9. The first kappa shape index (κ1) is 69.8. The first-order valence-electron chi connectivity index (χ1n) is 31.4. The molecule has 0 heterocycles. The van der Waals surface area contributed by atoms with Gasteiger partial charge in [-0.15, -0.1) is 0 Å². The molecule has 0 rings (SSSR count). The largest absolute Gasteiger partial charge is 0.462 e. The highest BCUT2D eigenvalue weighted by molar-refractivity contribution is 5.71. The lowest BCUT2D eigenvalue weighted by Gasteiger charge is -2.18. The van der Waals surface area contributed by atoms with Crippen molar-refractivity contribution in [2.45, 2.75) is 322 Å². The van der Waals surface area contributed by atoms with E-state index in [2.05, 4.69) is 93.7 Å². The summed E-state index contributed by atoms with van der Waals surface area (Å²) in [5, 5.41) is 0. The lowest BCUT2D eigenvalue weighted by Crippen LogP contribution is -2.30. The number of rotatable bonds is 57. The predicted molar refractivity (Wildman–Crippen MR) is 316 cm³/mol. The van der Waals surface area contributed by atoms with E-state index in [9.17, 15) is 14.4 Å². The van der Waals surface area contributed by atoms with Crippen molar-refractivity contribution in [3.63, 3.8) is 0 Å². The molecule has 0 aromatic carbocycles.